The van der Waals surface area contributed by atoms with Gasteiger partial charge in [0.2, 0.25) is 0 Å². The number of carbonyl (C=O) groups is 2. The number of aromatic amines is 1. The van der Waals surface area contributed by atoms with E-state index >= 15 is 0 Å². The fourth-order valence-electron chi connectivity index (χ4n) is 4.88. The molecule has 0 fully saturated rings. The normalized spacial score (nSPS) is 16.6. The number of nitrogens with one attached hydrogen (secondary N) is 1. The number of hydrogen-bond donors (Lipinski definition) is 1. The first kappa shape index (κ1) is 25.5. The maximum absolute atomic E-state index is 13.2. The Morgan fingerprint density at radius 2 is 1.97 bits per heavy atom. The molecular formula is C29H32N2O5. The standard InChI is InChI=1S/C29H32N2O5/c1-5-17(3)27-26-20(12-13-35-27)24-22(23(15-30)29(33)34-6-2)14-21(18(4)25(24)31-26)28(32)36-16-19-10-8-7-9-11-19/h7-11,14,17,23,27,31H,5-6,12-13,16H2,1-4H3. The van der Waals surface area contributed by atoms with Crippen LogP contribution in [0.4, 0.5) is 0 Å². The first-order valence-electron chi connectivity index (χ1n) is 12.5. The fraction of sp³-hybridized carbons (Fsp3) is 0.414. The SMILES string of the molecule is CCOC(=O)C(C#N)c1cc(C(=O)OCc2ccccc2)c(C)c2[nH]c3c(c12)CCOC3C(C)CC. The van der Waals surface area contributed by atoms with Crippen LogP contribution in [0, 0.1) is 24.2 Å². The molecule has 3 aromatic rings. The Morgan fingerprint density at radius 1 is 1.22 bits per heavy atom. The van der Waals surface area contributed by atoms with E-state index in [1.807, 2.05) is 37.3 Å². The van der Waals surface area contributed by atoms with Crippen molar-refractivity contribution in [2.45, 2.75) is 59.2 Å². The van der Waals surface area contributed by atoms with Crippen LogP contribution in [0.15, 0.2) is 36.4 Å². The van der Waals surface area contributed by atoms with Gasteiger partial charge < -0.3 is 19.2 Å². The number of nitrogens with zero attached hydrogens (tertiary/aromatic N) is 1. The van der Waals surface area contributed by atoms with E-state index in [1.54, 1.807) is 13.0 Å². The van der Waals surface area contributed by atoms with Gasteiger partial charge >= 0.3 is 11.9 Å². The van der Waals surface area contributed by atoms with Gasteiger partial charge in [0.05, 0.1) is 30.4 Å². The Labute approximate surface area is 211 Å². The van der Waals surface area contributed by atoms with Crippen LogP contribution in [0.2, 0.25) is 0 Å². The molecule has 1 N–H and O–H groups in total. The molecule has 1 aliphatic heterocycles. The Balaban J connectivity index is 1.87. The Morgan fingerprint density at radius 3 is 2.64 bits per heavy atom. The highest BCUT2D eigenvalue weighted by atomic mass is 16.5. The zero-order valence-corrected chi connectivity index (χ0v) is 21.2. The third kappa shape index (κ3) is 4.74. The second-order valence-corrected chi connectivity index (χ2v) is 9.21. The molecule has 1 aromatic heterocycles. The monoisotopic (exact) mass is 488 g/mol. The van der Waals surface area contributed by atoms with Crippen LogP contribution in [-0.4, -0.2) is 30.1 Å². The smallest absolute Gasteiger partial charge is 0.338 e. The number of H-pyrrole nitrogens is 1. The molecule has 0 spiro atoms. The predicted octanol–water partition coefficient (Wildman–Crippen LogP) is 5.66. The van der Waals surface area contributed by atoms with Gasteiger partial charge in [-0.2, -0.15) is 5.26 Å². The van der Waals surface area contributed by atoms with E-state index in [4.69, 9.17) is 14.2 Å². The molecule has 7 heteroatoms. The van der Waals surface area contributed by atoms with Gasteiger partial charge in [0.25, 0.3) is 0 Å². The minimum atomic E-state index is -1.17. The van der Waals surface area contributed by atoms with E-state index in [1.165, 1.54) is 0 Å². The molecule has 0 saturated heterocycles. The molecule has 36 heavy (non-hydrogen) atoms. The first-order chi connectivity index (χ1) is 17.4. The van der Waals surface area contributed by atoms with Gasteiger partial charge in [-0.15, -0.1) is 0 Å². The van der Waals surface area contributed by atoms with Crippen molar-refractivity contribution in [3.05, 3.63) is 69.9 Å². The zero-order chi connectivity index (χ0) is 25.8. The van der Waals surface area contributed by atoms with Gasteiger partial charge in [-0.25, -0.2) is 4.79 Å². The molecule has 0 aliphatic carbocycles. The summed E-state index contributed by atoms with van der Waals surface area (Å²) in [6, 6.07) is 13.2. The largest absolute Gasteiger partial charge is 0.465 e. The van der Waals surface area contributed by atoms with Crippen molar-refractivity contribution in [3.63, 3.8) is 0 Å². The van der Waals surface area contributed by atoms with Gasteiger partial charge in [0.1, 0.15) is 12.7 Å². The van der Waals surface area contributed by atoms with Gasteiger partial charge in [-0.1, -0.05) is 50.6 Å². The molecular weight excluding hydrogens is 456 g/mol. The van der Waals surface area contributed by atoms with Crippen LogP contribution in [0.1, 0.15) is 77.5 Å². The topological polar surface area (TPSA) is 101 Å². The summed E-state index contributed by atoms with van der Waals surface area (Å²) in [6.07, 6.45) is 1.45. The molecule has 0 radical (unpaired) electrons. The van der Waals surface area contributed by atoms with E-state index in [9.17, 15) is 14.9 Å². The molecule has 1 aliphatic rings. The number of fused-ring (bicyclic) bond motifs is 3. The minimum absolute atomic E-state index is 0.122. The maximum atomic E-state index is 13.2. The van der Waals surface area contributed by atoms with Crippen molar-refractivity contribution in [1.82, 2.24) is 4.98 Å². The summed E-state index contributed by atoms with van der Waals surface area (Å²) in [5.74, 6) is -2.04. The van der Waals surface area contributed by atoms with Gasteiger partial charge in [0.15, 0.2) is 5.92 Å². The Hall–Kier alpha value is -3.63. The number of nitriles is 1. The molecule has 7 nitrogen and oxygen atoms in total. The van der Waals surface area contributed by atoms with Crippen molar-refractivity contribution in [2.24, 2.45) is 5.92 Å². The molecule has 4 rings (SSSR count). The summed E-state index contributed by atoms with van der Waals surface area (Å²) in [6.45, 7) is 8.65. The molecule has 0 amide bonds. The second kappa shape index (κ2) is 11.0. The Bertz CT molecular complexity index is 1300. The number of rotatable bonds is 8. The van der Waals surface area contributed by atoms with Crippen LogP contribution in [0.3, 0.4) is 0 Å². The number of esters is 2. The number of carbonyl (C=O) groups excluding carboxylic acids is 2. The lowest BCUT2D eigenvalue weighted by Gasteiger charge is -2.28. The average molecular weight is 489 g/mol. The summed E-state index contributed by atoms with van der Waals surface area (Å²) >= 11 is 0. The molecule has 3 unspecified atom stereocenters. The van der Waals surface area contributed by atoms with E-state index in [0.717, 1.165) is 34.1 Å². The third-order valence-electron chi connectivity index (χ3n) is 6.99. The van der Waals surface area contributed by atoms with E-state index in [-0.39, 0.29) is 25.2 Å². The van der Waals surface area contributed by atoms with Gasteiger partial charge in [0, 0.05) is 11.1 Å². The third-order valence-corrected chi connectivity index (χ3v) is 6.99. The van der Waals surface area contributed by atoms with E-state index < -0.39 is 17.9 Å². The highest BCUT2D eigenvalue weighted by Crippen LogP contribution is 2.42. The summed E-state index contributed by atoms with van der Waals surface area (Å²) in [5.41, 5.74) is 5.08. The molecule has 0 bridgehead atoms. The summed E-state index contributed by atoms with van der Waals surface area (Å²) in [4.78, 5) is 29.6. The quantitative estimate of drug-likeness (QED) is 0.410. The lowest BCUT2D eigenvalue weighted by Crippen LogP contribution is -2.21. The van der Waals surface area contributed by atoms with Gasteiger partial charge in [-0.05, 0) is 54.5 Å². The molecule has 3 atom stereocenters. The predicted molar refractivity (Wildman–Crippen MR) is 135 cm³/mol. The minimum Gasteiger partial charge on any atom is -0.465 e. The number of hydrogen-bond acceptors (Lipinski definition) is 6. The highest BCUT2D eigenvalue weighted by Gasteiger charge is 2.34. The first-order valence-corrected chi connectivity index (χ1v) is 12.5. The van der Waals surface area contributed by atoms with Crippen LogP contribution < -0.4 is 0 Å². The van der Waals surface area contributed by atoms with Crippen molar-refractivity contribution >= 4 is 22.8 Å². The number of aryl methyl sites for hydroxylation is 1. The van der Waals surface area contributed by atoms with Crippen LogP contribution >= 0.6 is 0 Å². The van der Waals surface area contributed by atoms with E-state index in [0.29, 0.717) is 29.7 Å². The van der Waals surface area contributed by atoms with Crippen LogP contribution in [-0.2, 0) is 32.0 Å². The zero-order valence-electron chi connectivity index (χ0n) is 21.2. The summed E-state index contributed by atoms with van der Waals surface area (Å²) in [7, 11) is 0. The molecule has 188 valence electrons. The second-order valence-electron chi connectivity index (χ2n) is 9.21. The lowest BCUT2D eigenvalue weighted by atomic mass is 9.87. The van der Waals surface area contributed by atoms with Crippen LogP contribution in [0.25, 0.3) is 10.9 Å². The van der Waals surface area contributed by atoms with Gasteiger partial charge in [-0.3, -0.25) is 4.79 Å². The van der Waals surface area contributed by atoms with Crippen molar-refractivity contribution in [3.8, 4) is 6.07 Å². The average Bonchev–Trinajstić information content (AvgIpc) is 3.30. The van der Waals surface area contributed by atoms with Crippen LogP contribution in [0.5, 0.6) is 0 Å². The molecule has 2 heterocycles. The summed E-state index contributed by atoms with van der Waals surface area (Å²) < 4.78 is 17.0. The highest BCUT2D eigenvalue weighted by molar-refractivity contribution is 6.03. The maximum Gasteiger partial charge on any atom is 0.338 e. The lowest BCUT2D eigenvalue weighted by molar-refractivity contribution is -0.143. The number of benzene rings is 2. The van der Waals surface area contributed by atoms with Crippen molar-refractivity contribution < 1.29 is 23.8 Å². The number of aromatic nitrogens is 1. The Kier molecular flexibility index (Phi) is 7.76. The number of ether oxygens (including phenoxy) is 3. The molecule has 2 aromatic carbocycles. The van der Waals surface area contributed by atoms with Crippen molar-refractivity contribution in [1.29, 1.82) is 5.26 Å². The molecule has 0 saturated carbocycles. The van der Waals surface area contributed by atoms with Crippen molar-refractivity contribution in [2.75, 3.05) is 13.2 Å². The summed E-state index contributed by atoms with van der Waals surface area (Å²) in [5, 5.41) is 10.8. The van der Waals surface area contributed by atoms with E-state index in [2.05, 4.69) is 24.9 Å². The fourth-order valence-corrected chi connectivity index (χ4v) is 4.88.